The van der Waals surface area contributed by atoms with Crippen molar-refractivity contribution in [1.29, 1.82) is 0 Å². The molecule has 3 rings (SSSR count). The first-order valence-corrected chi connectivity index (χ1v) is 12.4. The van der Waals surface area contributed by atoms with Crippen molar-refractivity contribution in [1.82, 2.24) is 0 Å². The second-order valence-electron chi connectivity index (χ2n) is 8.42. The minimum absolute atomic E-state index is 0.0892. The van der Waals surface area contributed by atoms with Gasteiger partial charge in [-0.05, 0) is 48.7 Å². The van der Waals surface area contributed by atoms with Crippen LogP contribution in [-0.4, -0.2) is 50.3 Å². The number of methoxy groups -OCH3 is 1. The summed E-state index contributed by atoms with van der Waals surface area (Å²) in [5.74, 6) is -1.73. The van der Waals surface area contributed by atoms with Crippen molar-refractivity contribution in [2.24, 2.45) is 5.92 Å². The SMILES string of the molecule is COc1ccc(S(=O)(=O)N(CC(=O)O)c2ccc(N[C@@H](CC(C)C)C(=O)O)c3ccccc23)cc1. The number of anilines is 2. The van der Waals surface area contributed by atoms with E-state index in [1.807, 2.05) is 13.8 Å². The summed E-state index contributed by atoms with van der Waals surface area (Å²) < 4.78 is 32.9. The first-order chi connectivity index (χ1) is 16.5. The Labute approximate surface area is 204 Å². The average molecular weight is 501 g/mol. The Hall–Kier alpha value is -3.79. The van der Waals surface area contributed by atoms with Gasteiger partial charge >= 0.3 is 11.9 Å². The molecule has 3 N–H and O–H groups in total. The molecule has 0 amide bonds. The second kappa shape index (κ2) is 10.6. The van der Waals surface area contributed by atoms with Gasteiger partial charge in [-0.3, -0.25) is 9.10 Å². The molecule has 9 nitrogen and oxygen atoms in total. The van der Waals surface area contributed by atoms with E-state index in [4.69, 9.17) is 4.74 Å². The zero-order chi connectivity index (χ0) is 25.8. The molecule has 0 heterocycles. The number of carboxylic acid groups (broad SMARTS) is 2. The zero-order valence-corrected chi connectivity index (χ0v) is 20.5. The fourth-order valence-corrected chi connectivity index (χ4v) is 5.24. The van der Waals surface area contributed by atoms with E-state index in [9.17, 15) is 28.2 Å². The topological polar surface area (TPSA) is 133 Å². The summed E-state index contributed by atoms with van der Waals surface area (Å²) in [7, 11) is -2.79. The highest BCUT2D eigenvalue weighted by Gasteiger charge is 2.29. The van der Waals surface area contributed by atoms with E-state index in [2.05, 4.69) is 5.32 Å². The first-order valence-electron chi connectivity index (χ1n) is 10.9. The van der Waals surface area contributed by atoms with Gasteiger partial charge in [0.15, 0.2) is 0 Å². The number of carbonyl (C=O) groups is 2. The van der Waals surface area contributed by atoms with Gasteiger partial charge in [0.1, 0.15) is 18.3 Å². The molecule has 0 unspecified atom stereocenters. The summed E-state index contributed by atoms with van der Waals surface area (Å²) in [6.07, 6.45) is 0.391. The summed E-state index contributed by atoms with van der Waals surface area (Å²) in [5.41, 5.74) is 0.676. The first kappa shape index (κ1) is 25.8. The second-order valence-corrected chi connectivity index (χ2v) is 10.3. The lowest BCUT2D eigenvalue weighted by Crippen LogP contribution is -2.36. The number of nitrogens with one attached hydrogen (secondary N) is 1. The van der Waals surface area contributed by atoms with E-state index in [-0.39, 0.29) is 16.5 Å². The van der Waals surface area contributed by atoms with Crippen LogP contribution in [0.2, 0.25) is 0 Å². The Morgan fingerprint density at radius 3 is 2.14 bits per heavy atom. The van der Waals surface area contributed by atoms with Crippen molar-refractivity contribution < 1.29 is 33.0 Å². The third-order valence-corrected chi connectivity index (χ3v) is 7.20. The number of nitrogens with zero attached hydrogens (tertiary/aromatic N) is 1. The zero-order valence-electron chi connectivity index (χ0n) is 19.6. The van der Waals surface area contributed by atoms with Crippen LogP contribution in [0.5, 0.6) is 5.75 Å². The molecular formula is C25H28N2O7S. The van der Waals surface area contributed by atoms with Gasteiger partial charge in [0.2, 0.25) is 0 Å². The molecular weight excluding hydrogens is 472 g/mol. The lowest BCUT2D eigenvalue weighted by Gasteiger charge is -2.26. The van der Waals surface area contributed by atoms with E-state index < -0.39 is 34.5 Å². The molecule has 0 aliphatic carbocycles. The predicted octanol–water partition coefficient (Wildman–Crippen LogP) is 4.04. The Balaban J connectivity index is 2.14. The summed E-state index contributed by atoms with van der Waals surface area (Å²) >= 11 is 0. The number of aliphatic carboxylic acids is 2. The molecule has 0 fully saturated rings. The van der Waals surface area contributed by atoms with Crippen LogP contribution in [-0.2, 0) is 19.6 Å². The quantitative estimate of drug-likeness (QED) is 0.359. The highest BCUT2D eigenvalue weighted by atomic mass is 32.2. The molecule has 0 aliphatic rings. The van der Waals surface area contributed by atoms with E-state index in [0.717, 1.165) is 4.31 Å². The third-order valence-electron chi connectivity index (χ3n) is 5.43. The van der Waals surface area contributed by atoms with E-state index in [0.29, 0.717) is 28.6 Å². The molecule has 0 aliphatic heterocycles. The number of benzene rings is 3. The lowest BCUT2D eigenvalue weighted by molar-refractivity contribution is -0.138. The summed E-state index contributed by atoms with van der Waals surface area (Å²) in [6.45, 7) is 3.05. The minimum Gasteiger partial charge on any atom is -0.497 e. The molecule has 0 aromatic heterocycles. The van der Waals surface area contributed by atoms with Crippen molar-refractivity contribution in [3.63, 3.8) is 0 Å². The van der Waals surface area contributed by atoms with E-state index in [1.165, 1.54) is 37.4 Å². The summed E-state index contributed by atoms with van der Waals surface area (Å²) in [6, 6.07) is 14.7. The van der Waals surface area contributed by atoms with Gasteiger partial charge in [0.05, 0.1) is 17.7 Å². The van der Waals surface area contributed by atoms with Crippen LogP contribution >= 0.6 is 0 Å². The van der Waals surface area contributed by atoms with Gasteiger partial charge in [0.25, 0.3) is 10.0 Å². The maximum absolute atomic E-state index is 13.5. The van der Waals surface area contributed by atoms with Crippen LogP contribution in [0.25, 0.3) is 10.8 Å². The number of sulfonamides is 1. The van der Waals surface area contributed by atoms with Crippen LogP contribution in [0.1, 0.15) is 20.3 Å². The maximum Gasteiger partial charge on any atom is 0.326 e. The fourth-order valence-electron chi connectivity index (χ4n) is 3.80. The predicted molar refractivity (Wildman–Crippen MR) is 134 cm³/mol. The van der Waals surface area contributed by atoms with Crippen molar-refractivity contribution in [3.05, 3.63) is 60.7 Å². The largest absolute Gasteiger partial charge is 0.497 e. The van der Waals surface area contributed by atoms with E-state index >= 15 is 0 Å². The molecule has 3 aromatic carbocycles. The molecule has 186 valence electrons. The maximum atomic E-state index is 13.5. The number of carboxylic acids is 2. The molecule has 10 heteroatoms. The molecule has 0 spiro atoms. The molecule has 1 atom stereocenters. The molecule has 3 aromatic rings. The number of ether oxygens (including phenoxy) is 1. The van der Waals surface area contributed by atoms with Crippen LogP contribution in [0, 0.1) is 5.92 Å². The van der Waals surface area contributed by atoms with Gasteiger partial charge in [-0.1, -0.05) is 38.1 Å². The standard InChI is InChI=1S/C25H28N2O7S/c1-16(2)14-22(25(30)31)26-21-12-13-23(20-7-5-4-6-19(20)21)27(15-24(28)29)35(32,33)18-10-8-17(34-3)9-11-18/h4-13,16,22,26H,14-15H2,1-3H3,(H,28,29)(H,30,31)/t22-/m0/s1. The number of hydrogen-bond acceptors (Lipinski definition) is 6. The van der Waals surface area contributed by atoms with Crippen LogP contribution in [0.15, 0.2) is 65.6 Å². The number of fused-ring (bicyclic) bond motifs is 1. The minimum atomic E-state index is -4.25. The normalized spacial score (nSPS) is 12.3. The van der Waals surface area contributed by atoms with Crippen LogP contribution < -0.4 is 14.4 Å². The van der Waals surface area contributed by atoms with Gasteiger partial charge in [0, 0.05) is 16.5 Å². The molecule has 0 saturated heterocycles. The van der Waals surface area contributed by atoms with Gasteiger partial charge in [-0.2, -0.15) is 0 Å². The van der Waals surface area contributed by atoms with Crippen LogP contribution in [0.3, 0.4) is 0 Å². The highest BCUT2D eigenvalue weighted by molar-refractivity contribution is 7.92. The van der Waals surface area contributed by atoms with Gasteiger partial charge < -0.3 is 20.3 Å². The Bertz CT molecular complexity index is 1320. The van der Waals surface area contributed by atoms with Crippen molar-refractivity contribution >= 4 is 44.1 Å². The smallest absolute Gasteiger partial charge is 0.326 e. The van der Waals surface area contributed by atoms with Crippen molar-refractivity contribution in [2.45, 2.75) is 31.2 Å². The Kier molecular flexibility index (Phi) is 7.85. The van der Waals surface area contributed by atoms with Gasteiger partial charge in [-0.15, -0.1) is 0 Å². The van der Waals surface area contributed by atoms with Crippen molar-refractivity contribution in [3.8, 4) is 5.75 Å². The van der Waals surface area contributed by atoms with E-state index in [1.54, 1.807) is 30.3 Å². The highest BCUT2D eigenvalue weighted by Crippen LogP contribution is 2.36. The Morgan fingerprint density at radius 1 is 0.971 bits per heavy atom. The van der Waals surface area contributed by atoms with Gasteiger partial charge in [-0.25, -0.2) is 13.2 Å². The molecule has 0 radical (unpaired) electrons. The fraction of sp³-hybridized carbons (Fsp3) is 0.280. The molecule has 35 heavy (non-hydrogen) atoms. The van der Waals surface area contributed by atoms with Crippen LogP contribution in [0.4, 0.5) is 11.4 Å². The third kappa shape index (κ3) is 5.83. The monoisotopic (exact) mass is 500 g/mol. The summed E-state index contributed by atoms with van der Waals surface area (Å²) in [5, 5.41) is 23.2. The Morgan fingerprint density at radius 2 is 1.60 bits per heavy atom. The average Bonchev–Trinajstić information content (AvgIpc) is 2.82. The lowest BCUT2D eigenvalue weighted by atomic mass is 10.0. The number of rotatable bonds is 11. The number of hydrogen-bond donors (Lipinski definition) is 3. The molecule has 0 saturated carbocycles. The summed E-state index contributed by atoms with van der Waals surface area (Å²) in [4.78, 5) is 23.4. The molecule has 0 bridgehead atoms. The van der Waals surface area contributed by atoms with Crippen molar-refractivity contribution in [2.75, 3.05) is 23.3 Å².